The standard InChI is InChI=1S/C26H18F5NO5/c1-11-16-9-6-14(10-17(16)37-24(11)23(33)13-4-7-15(35-3)8-5-13)32-26(34)12(2)36-25-21(30)19(28)18(27)20(29)22(25)31/h4-10,12H,1-3H3,(H,32,34). The number of carbonyl (C=O) groups is 2. The van der Waals surface area contributed by atoms with E-state index in [1.54, 1.807) is 37.3 Å². The Balaban J connectivity index is 1.54. The van der Waals surface area contributed by atoms with Gasteiger partial charge in [-0.25, -0.2) is 13.2 Å². The number of carbonyl (C=O) groups excluding carboxylic acids is 2. The third kappa shape index (κ3) is 4.72. The summed E-state index contributed by atoms with van der Waals surface area (Å²) in [5, 5.41) is 3.00. The molecular weight excluding hydrogens is 501 g/mol. The van der Waals surface area contributed by atoms with Gasteiger partial charge < -0.3 is 19.2 Å². The van der Waals surface area contributed by atoms with Crippen molar-refractivity contribution in [1.29, 1.82) is 0 Å². The second-order valence-corrected chi connectivity index (χ2v) is 7.97. The Morgan fingerprint density at radius 2 is 1.49 bits per heavy atom. The highest BCUT2D eigenvalue weighted by molar-refractivity contribution is 6.10. The number of methoxy groups -OCH3 is 1. The number of hydrogen-bond acceptors (Lipinski definition) is 5. The van der Waals surface area contributed by atoms with Crippen molar-refractivity contribution >= 4 is 28.3 Å². The quantitative estimate of drug-likeness (QED) is 0.139. The molecule has 0 bridgehead atoms. The molecular formula is C26H18F5NO5. The fourth-order valence-electron chi connectivity index (χ4n) is 3.56. The number of rotatable bonds is 7. The molecule has 3 aromatic carbocycles. The van der Waals surface area contributed by atoms with Gasteiger partial charge in [-0.1, -0.05) is 0 Å². The molecule has 0 aliphatic heterocycles. The molecule has 0 saturated carbocycles. The van der Waals surface area contributed by atoms with Crippen LogP contribution in [0, 0.1) is 36.0 Å². The molecule has 6 nitrogen and oxygen atoms in total. The van der Waals surface area contributed by atoms with Gasteiger partial charge in [-0.3, -0.25) is 9.59 Å². The third-order valence-electron chi connectivity index (χ3n) is 5.60. The van der Waals surface area contributed by atoms with Gasteiger partial charge in [0, 0.05) is 28.3 Å². The van der Waals surface area contributed by atoms with Crippen molar-refractivity contribution in [2.45, 2.75) is 20.0 Å². The largest absolute Gasteiger partial charge is 0.497 e. The minimum Gasteiger partial charge on any atom is -0.497 e. The summed E-state index contributed by atoms with van der Waals surface area (Å²) >= 11 is 0. The highest BCUT2D eigenvalue weighted by atomic mass is 19.2. The first-order valence-electron chi connectivity index (χ1n) is 10.7. The van der Waals surface area contributed by atoms with Gasteiger partial charge in [0.15, 0.2) is 17.6 Å². The van der Waals surface area contributed by atoms with E-state index in [0.717, 1.165) is 6.92 Å². The van der Waals surface area contributed by atoms with E-state index in [2.05, 4.69) is 5.32 Å². The summed E-state index contributed by atoms with van der Waals surface area (Å²) in [5.74, 6) is -13.3. The van der Waals surface area contributed by atoms with E-state index in [0.29, 0.717) is 22.3 Å². The maximum Gasteiger partial charge on any atom is 0.265 e. The summed E-state index contributed by atoms with van der Waals surface area (Å²) in [6, 6.07) is 10.9. The fraction of sp³-hybridized carbons (Fsp3) is 0.154. The van der Waals surface area contributed by atoms with E-state index in [1.807, 2.05) is 0 Å². The van der Waals surface area contributed by atoms with Gasteiger partial charge in [-0.15, -0.1) is 0 Å². The normalized spacial score (nSPS) is 11.9. The number of aryl methyl sites for hydroxylation is 1. The van der Waals surface area contributed by atoms with Crippen molar-refractivity contribution in [3.8, 4) is 11.5 Å². The van der Waals surface area contributed by atoms with Gasteiger partial charge in [-0.05, 0) is 50.2 Å². The number of amides is 1. The number of ketones is 1. The molecule has 1 heterocycles. The van der Waals surface area contributed by atoms with Crippen molar-refractivity contribution in [3.05, 3.63) is 88.4 Å². The lowest BCUT2D eigenvalue weighted by atomic mass is 10.0. The average molecular weight is 519 g/mol. The highest BCUT2D eigenvalue weighted by Gasteiger charge is 2.29. The Morgan fingerprint density at radius 1 is 0.892 bits per heavy atom. The van der Waals surface area contributed by atoms with Crippen LogP contribution in [0.25, 0.3) is 11.0 Å². The zero-order valence-electron chi connectivity index (χ0n) is 19.5. The van der Waals surface area contributed by atoms with E-state index < -0.39 is 46.8 Å². The molecule has 1 unspecified atom stereocenters. The molecule has 0 saturated heterocycles. The van der Waals surface area contributed by atoms with E-state index in [4.69, 9.17) is 13.9 Å². The Hall–Kier alpha value is -4.41. The van der Waals surface area contributed by atoms with Crippen LogP contribution in [0.5, 0.6) is 11.5 Å². The number of anilines is 1. The fourth-order valence-corrected chi connectivity index (χ4v) is 3.56. The van der Waals surface area contributed by atoms with Gasteiger partial charge in [-0.2, -0.15) is 8.78 Å². The van der Waals surface area contributed by atoms with Crippen molar-refractivity contribution in [2.24, 2.45) is 0 Å². The SMILES string of the molecule is COc1ccc(C(=O)c2oc3cc(NC(=O)C(C)Oc4c(F)c(F)c(F)c(F)c4F)ccc3c2C)cc1. The van der Waals surface area contributed by atoms with Gasteiger partial charge in [0.05, 0.1) is 7.11 Å². The Bertz CT molecular complexity index is 1500. The third-order valence-corrected chi connectivity index (χ3v) is 5.60. The number of nitrogens with one attached hydrogen (secondary N) is 1. The monoisotopic (exact) mass is 519 g/mol. The Labute approximate surface area is 206 Å². The van der Waals surface area contributed by atoms with Crippen LogP contribution in [0.3, 0.4) is 0 Å². The van der Waals surface area contributed by atoms with Gasteiger partial charge in [0.2, 0.25) is 34.9 Å². The van der Waals surface area contributed by atoms with Crippen LogP contribution in [0.15, 0.2) is 46.9 Å². The minimum absolute atomic E-state index is 0.0895. The first-order valence-corrected chi connectivity index (χ1v) is 10.7. The summed E-state index contributed by atoms with van der Waals surface area (Å²) in [6.07, 6.45) is -1.64. The van der Waals surface area contributed by atoms with E-state index in [-0.39, 0.29) is 22.8 Å². The zero-order chi connectivity index (χ0) is 27.0. The zero-order valence-corrected chi connectivity index (χ0v) is 19.5. The predicted molar refractivity (Wildman–Crippen MR) is 122 cm³/mol. The molecule has 4 rings (SSSR count). The molecule has 1 atom stereocenters. The average Bonchev–Trinajstić information content (AvgIpc) is 3.23. The van der Waals surface area contributed by atoms with Crippen molar-refractivity contribution < 1.29 is 45.4 Å². The van der Waals surface area contributed by atoms with Crippen molar-refractivity contribution in [3.63, 3.8) is 0 Å². The summed E-state index contributed by atoms with van der Waals surface area (Å²) in [5.41, 5.74) is 1.37. The van der Waals surface area contributed by atoms with Crippen LogP contribution in [0.2, 0.25) is 0 Å². The Morgan fingerprint density at radius 3 is 2.08 bits per heavy atom. The summed E-state index contributed by atoms with van der Waals surface area (Å²) in [4.78, 5) is 25.4. The molecule has 0 spiro atoms. The number of benzene rings is 3. The molecule has 4 aromatic rings. The van der Waals surface area contributed by atoms with Gasteiger partial charge in [0.25, 0.3) is 5.91 Å². The van der Waals surface area contributed by atoms with Crippen molar-refractivity contribution in [1.82, 2.24) is 0 Å². The van der Waals surface area contributed by atoms with Crippen LogP contribution in [0.4, 0.5) is 27.6 Å². The molecule has 0 fully saturated rings. The molecule has 0 aliphatic rings. The molecule has 37 heavy (non-hydrogen) atoms. The first kappa shape index (κ1) is 25.7. The number of ether oxygens (including phenoxy) is 2. The number of halogens is 5. The van der Waals surface area contributed by atoms with Crippen LogP contribution in [-0.2, 0) is 4.79 Å². The lowest BCUT2D eigenvalue weighted by Gasteiger charge is -2.16. The van der Waals surface area contributed by atoms with Crippen molar-refractivity contribution in [2.75, 3.05) is 12.4 Å². The molecule has 0 radical (unpaired) electrons. The summed E-state index contributed by atoms with van der Waals surface area (Å²) in [7, 11) is 1.50. The molecule has 1 N–H and O–H groups in total. The lowest BCUT2D eigenvalue weighted by Crippen LogP contribution is -2.31. The maximum atomic E-state index is 13.9. The second kappa shape index (κ2) is 9.92. The van der Waals surface area contributed by atoms with Crippen LogP contribution >= 0.6 is 0 Å². The minimum atomic E-state index is -2.34. The van der Waals surface area contributed by atoms with Crippen LogP contribution in [-0.4, -0.2) is 24.9 Å². The van der Waals surface area contributed by atoms with E-state index in [1.165, 1.54) is 19.2 Å². The first-order chi connectivity index (χ1) is 17.5. The number of hydrogen-bond donors (Lipinski definition) is 1. The van der Waals surface area contributed by atoms with E-state index >= 15 is 0 Å². The second-order valence-electron chi connectivity index (χ2n) is 7.97. The highest BCUT2D eigenvalue weighted by Crippen LogP contribution is 2.31. The van der Waals surface area contributed by atoms with E-state index in [9.17, 15) is 31.5 Å². The Kier molecular flexibility index (Phi) is 6.88. The smallest absolute Gasteiger partial charge is 0.265 e. The number of fused-ring (bicyclic) bond motifs is 1. The molecule has 1 amide bonds. The predicted octanol–water partition coefficient (Wildman–Crippen LogP) is 6.08. The van der Waals surface area contributed by atoms with Gasteiger partial charge in [0.1, 0.15) is 11.3 Å². The van der Waals surface area contributed by atoms with Crippen LogP contribution in [0.1, 0.15) is 28.6 Å². The van der Waals surface area contributed by atoms with Crippen LogP contribution < -0.4 is 14.8 Å². The molecule has 11 heteroatoms. The molecule has 1 aromatic heterocycles. The summed E-state index contributed by atoms with van der Waals surface area (Å²) in [6.45, 7) is 2.76. The molecule has 192 valence electrons. The topological polar surface area (TPSA) is 77.8 Å². The number of furan rings is 1. The summed E-state index contributed by atoms with van der Waals surface area (Å²) < 4.78 is 83.3. The maximum absolute atomic E-state index is 13.9. The molecule has 0 aliphatic carbocycles. The lowest BCUT2D eigenvalue weighted by molar-refractivity contribution is -0.122. The van der Waals surface area contributed by atoms with Gasteiger partial charge >= 0.3 is 0 Å².